The summed E-state index contributed by atoms with van der Waals surface area (Å²) in [6.45, 7) is 10.7. The molecule has 1 aliphatic rings. The van der Waals surface area contributed by atoms with Gasteiger partial charge >= 0.3 is 0 Å². The molecule has 2 amide bonds. The first-order valence-electron chi connectivity index (χ1n) is 12.7. The lowest BCUT2D eigenvalue weighted by Crippen LogP contribution is -2.49. The van der Waals surface area contributed by atoms with Crippen LogP contribution < -0.4 is 15.0 Å². The number of benzene rings is 3. The fourth-order valence-corrected chi connectivity index (χ4v) is 4.86. The summed E-state index contributed by atoms with van der Waals surface area (Å²) in [6, 6.07) is 19.2. The summed E-state index contributed by atoms with van der Waals surface area (Å²) in [7, 11) is 0. The van der Waals surface area contributed by atoms with Crippen molar-refractivity contribution in [2.45, 2.75) is 33.6 Å². The molecule has 6 nitrogen and oxygen atoms in total. The molecular formula is C30H34ClN3O3. The van der Waals surface area contributed by atoms with Crippen LogP contribution in [-0.2, 0) is 4.79 Å². The molecule has 1 heterocycles. The Balaban J connectivity index is 1.33. The highest BCUT2D eigenvalue weighted by atomic mass is 35.5. The Hall–Kier alpha value is -3.51. The molecule has 7 heteroatoms. The molecule has 3 aromatic carbocycles. The predicted molar refractivity (Wildman–Crippen MR) is 150 cm³/mol. The van der Waals surface area contributed by atoms with E-state index in [4.69, 9.17) is 16.3 Å². The van der Waals surface area contributed by atoms with Gasteiger partial charge in [0.05, 0.1) is 10.7 Å². The Morgan fingerprint density at radius 1 is 0.973 bits per heavy atom. The summed E-state index contributed by atoms with van der Waals surface area (Å²) >= 11 is 6.60. The molecule has 1 saturated heterocycles. The number of nitrogens with zero attached hydrogens (tertiary/aromatic N) is 2. The van der Waals surface area contributed by atoms with Crippen molar-refractivity contribution in [3.05, 3.63) is 87.9 Å². The van der Waals surface area contributed by atoms with Gasteiger partial charge in [-0.05, 0) is 66.8 Å². The molecule has 1 fully saturated rings. The molecule has 1 aliphatic heterocycles. The lowest BCUT2D eigenvalue weighted by Gasteiger charge is -2.36. The number of halogens is 1. The lowest BCUT2D eigenvalue weighted by atomic mass is 10.0. The van der Waals surface area contributed by atoms with Gasteiger partial charge in [-0.2, -0.15) is 0 Å². The second-order valence-electron chi connectivity index (χ2n) is 9.79. The number of ether oxygens (including phenoxy) is 1. The van der Waals surface area contributed by atoms with E-state index in [1.807, 2.05) is 73.3 Å². The molecule has 37 heavy (non-hydrogen) atoms. The maximum atomic E-state index is 12.9. The predicted octanol–water partition coefficient (Wildman–Crippen LogP) is 6.06. The lowest BCUT2D eigenvalue weighted by molar-refractivity contribution is -0.118. The van der Waals surface area contributed by atoms with Crippen LogP contribution in [0.25, 0.3) is 0 Å². The minimum absolute atomic E-state index is 0.0651. The van der Waals surface area contributed by atoms with Gasteiger partial charge in [0.2, 0.25) is 0 Å². The molecular weight excluding hydrogens is 486 g/mol. The maximum Gasteiger partial charge on any atom is 0.262 e. The van der Waals surface area contributed by atoms with Crippen LogP contribution in [0.2, 0.25) is 5.02 Å². The number of nitrogens with one attached hydrogen (secondary N) is 1. The van der Waals surface area contributed by atoms with Crippen LogP contribution in [0.1, 0.15) is 46.8 Å². The first-order chi connectivity index (χ1) is 17.7. The van der Waals surface area contributed by atoms with Crippen LogP contribution >= 0.6 is 11.6 Å². The van der Waals surface area contributed by atoms with Crippen LogP contribution in [0.3, 0.4) is 0 Å². The molecule has 3 aromatic rings. The third-order valence-corrected chi connectivity index (χ3v) is 6.97. The third-order valence-electron chi connectivity index (χ3n) is 6.66. The van der Waals surface area contributed by atoms with Gasteiger partial charge in [0, 0.05) is 37.4 Å². The number of rotatable bonds is 7. The van der Waals surface area contributed by atoms with E-state index < -0.39 is 0 Å². The van der Waals surface area contributed by atoms with Crippen molar-refractivity contribution in [3.8, 4) is 5.75 Å². The van der Waals surface area contributed by atoms with E-state index in [1.165, 1.54) is 0 Å². The topological polar surface area (TPSA) is 61.9 Å². The number of hydrogen-bond donors (Lipinski definition) is 1. The number of aryl methyl sites for hydroxylation is 2. The number of piperazine rings is 1. The van der Waals surface area contributed by atoms with Gasteiger partial charge in [0.1, 0.15) is 5.75 Å². The van der Waals surface area contributed by atoms with Gasteiger partial charge in [0.25, 0.3) is 11.8 Å². The Kier molecular flexibility index (Phi) is 8.39. The fraction of sp³-hybridized carbons (Fsp3) is 0.333. The molecule has 0 aliphatic carbocycles. The zero-order valence-corrected chi connectivity index (χ0v) is 22.6. The van der Waals surface area contributed by atoms with E-state index in [1.54, 1.807) is 6.07 Å². The highest BCUT2D eigenvalue weighted by molar-refractivity contribution is 6.33. The standard InChI is InChI=1S/C30H34ClN3O3/c1-20(2)24-11-9-21(3)17-28(24)37-19-29(35)32-23-10-12-27(26(31)18-23)33-13-15-34(16-14-33)30(36)25-8-6-5-7-22(25)4/h5-12,17-18,20H,13-16,19H2,1-4H3,(H,32,35). The average Bonchev–Trinajstić information content (AvgIpc) is 2.87. The molecule has 1 N–H and O–H groups in total. The number of carbonyl (C=O) groups excluding carboxylic acids is 2. The van der Waals surface area contributed by atoms with Gasteiger partial charge in [-0.3, -0.25) is 9.59 Å². The van der Waals surface area contributed by atoms with Gasteiger partial charge in [0.15, 0.2) is 6.61 Å². The van der Waals surface area contributed by atoms with Crippen LogP contribution in [0.4, 0.5) is 11.4 Å². The smallest absolute Gasteiger partial charge is 0.262 e. The van der Waals surface area contributed by atoms with E-state index in [2.05, 4.69) is 24.1 Å². The average molecular weight is 520 g/mol. The van der Waals surface area contributed by atoms with Crippen LogP contribution in [0.5, 0.6) is 5.75 Å². The SMILES string of the molecule is Cc1ccc(C(C)C)c(OCC(=O)Nc2ccc(N3CCN(C(=O)c4ccccc4C)CC3)c(Cl)c2)c1. The summed E-state index contributed by atoms with van der Waals surface area (Å²) in [5.41, 5.74) is 5.40. The van der Waals surface area contributed by atoms with Crippen LogP contribution in [0.15, 0.2) is 60.7 Å². The quantitative estimate of drug-likeness (QED) is 0.412. The normalized spacial score (nSPS) is 13.6. The number of amides is 2. The van der Waals surface area contributed by atoms with Gasteiger partial charge in [-0.15, -0.1) is 0 Å². The molecule has 0 spiro atoms. The van der Waals surface area contributed by atoms with Crippen molar-refractivity contribution in [2.24, 2.45) is 0 Å². The van der Waals surface area contributed by atoms with Crippen molar-refractivity contribution in [3.63, 3.8) is 0 Å². The van der Waals surface area contributed by atoms with Gasteiger partial charge < -0.3 is 19.9 Å². The zero-order chi connectivity index (χ0) is 26.5. The first-order valence-corrected chi connectivity index (χ1v) is 13.0. The van der Waals surface area contributed by atoms with E-state index in [-0.39, 0.29) is 18.4 Å². The van der Waals surface area contributed by atoms with Crippen molar-refractivity contribution in [2.75, 3.05) is 43.0 Å². The molecule has 0 atom stereocenters. The van der Waals surface area contributed by atoms with E-state index >= 15 is 0 Å². The summed E-state index contributed by atoms with van der Waals surface area (Å²) in [4.78, 5) is 29.5. The van der Waals surface area contributed by atoms with Crippen molar-refractivity contribution < 1.29 is 14.3 Å². The highest BCUT2D eigenvalue weighted by Crippen LogP contribution is 2.30. The molecule has 0 bridgehead atoms. The summed E-state index contributed by atoms with van der Waals surface area (Å²) in [6.07, 6.45) is 0. The number of hydrogen-bond acceptors (Lipinski definition) is 4. The minimum atomic E-state index is -0.247. The Morgan fingerprint density at radius 3 is 2.38 bits per heavy atom. The Bertz CT molecular complexity index is 1280. The number of carbonyl (C=O) groups is 2. The van der Waals surface area contributed by atoms with Gasteiger partial charge in [-0.25, -0.2) is 0 Å². The molecule has 0 radical (unpaired) electrons. The first kappa shape index (κ1) is 26.6. The molecule has 0 unspecified atom stereocenters. The molecule has 194 valence electrons. The van der Waals surface area contributed by atoms with Crippen molar-refractivity contribution >= 4 is 34.8 Å². The van der Waals surface area contributed by atoms with E-state index in [0.29, 0.717) is 42.8 Å². The van der Waals surface area contributed by atoms with Crippen LogP contribution in [-0.4, -0.2) is 49.5 Å². The summed E-state index contributed by atoms with van der Waals surface area (Å²) in [5, 5.41) is 3.43. The van der Waals surface area contributed by atoms with Crippen LogP contribution in [0, 0.1) is 13.8 Å². The second-order valence-corrected chi connectivity index (χ2v) is 10.2. The Labute approximate surface area is 224 Å². The monoisotopic (exact) mass is 519 g/mol. The number of anilines is 2. The van der Waals surface area contributed by atoms with E-state index in [0.717, 1.165) is 33.7 Å². The minimum Gasteiger partial charge on any atom is -0.483 e. The molecule has 0 aromatic heterocycles. The third kappa shape index (κ3) is 6.44. The Morgan fingerprint density at radius 2 is 1.70 bits per heavy atom. The maximum absolute atomic E-state index is 12.9. The van der Waals surface area contributed by atoms with E-state index in [9.17, 15) is 9.59 Å². The summed E-state index contributed by atoms with van der Waals surface area (Å²) < 4.78 is 5.85. The zero-order valence-electron chi connectivity index (χ0n) is 21.9. The van der Waals surface area contributed by atoms with Gasteiger partial charge in [-0.1, -0.05) is 55.8 Å². The fourth-order valence-electron chi connectivity index (χ4n) is 4.56. The highest BCUT2D eigenvalue weighted by Gasteiger charge is 2.24. The van der Waals surface area contributed by atoms with Crippen molar-refractivity contribution in [1.82, 2.24) is 4.90 Å². The largest absolute Gasteiger partial charge is 0.483 e. The summed E-state index contributed by atoms with van der Waals surface area (Å²) in [5.74, 6) is 0.852. The van der Waals surface area contributed by atoms with Crippen molar-refractivity contribution in [1.29, 1.82) is 0 Å². The molecule has 0 saturated carbocycles. The molecule has 4 rings (SSSR count). The second kappa shape index (κ2) is 11.7.